The number of amides is 1. The number of carbonyl (C=O) groups is 1. The summed E-state index contributed by atoms with van der Waals surface area (Å²) in [6, 6.07) is 5.64. The molecule has 1 aromatic rings. The van der Waals surface area contributed by atoms with Crippen LogP contribution in [-0.4, -0.2) is 56.9 Å². The van der Waals surface area contributed by atoms with Gasteiger partial charge in [-0.1, -0.05) is 6.07 Å². The maximum atomic E-state index is 12.0. The first-order valence-electron chi connectivity index (χ1n) is 7.89. The molecule has 1 amide bonds. The predicted molar refractivity (Wildman–Crippen MR) is 83.2 cm³/mol. The lowest BCUT2D eigenvalue weighted by Crippen LogP contribution is -2.44. The summed E-state index contributed by atoms with van der Waals surface area (Å²) < 4.78 is 10.6. The minimum atomic E-state index is 0.0548. The molecule has 0 unspecified atom stereocenters. The molecule has 0 saturated carbocycles. The standard InChI is InChI=1S/C16H23N3O3/c20-16(18-4-1-7-19-8-5-17-6-9-19)11-13-2-3-14-15(10-13)22-12-21-14/h2-3,10,17H,1,4-9,11-12H2,(H,18,20). The van der Waals surface area contributed by atoms with Gasteiger partial charge in [0.15, 0.2) is 11.5 Å². The van der Waals surface area contributed by atoms with E-state index in [1.165, 1.54) is 0 Å². The second-order valence-electron chi connectivity index (χ2n) is 5.66. The van der Waals surface area contributed by atoms with E-state index < -0.39 is 0 Å². The van der Waals surface area contributed by atoms with Gasteiger partial charge in [0.05, 0.1) is 6.42 Å². The van der Waals surface area contributed by atoms with E-state index >= 15 is 0 Å². The first kappa shape index (κ1) is 15.1. The number of nitrogens with zero attached hydrogens (tertiary/aromatic N) is 1. The normalized spacial score (nSPS) is 17.5. The highest BCUT2D eigenvalue weighted by Gasteiger charge is 2.14. The van der Waals surface area contributed by atoms with E-state index in [1.807, 2.05) is 18.2 Å². The Bertz CT molecular complexity index is 515. The lowest BCUT2D eigenvalue weighted by atomic mass is 10.1. The van der Waals surface area contributed by atoms with Gasteiger partial charge in [0.2, 0.25) is 12.7 Å². The third-order valence-corrected chi connectivity index (χ3v) is 3.98. The first-order chi connectivity index (χ1) is 10.8. The van der Waals surface area contributed by atoms with Crippen molar-refractivity contribution in [1.82, 2.24) is 15.5 Å². The highest BCUT2D eigenvalue weighted by Crippen LogP contribution is 2.32. The molecule has 1 saturated heterocycles. The summed E-state index contributed by atoms with van der Waals surface area (Å²) >= 11 is 0. The molecule has 22 heavy (non-hydrogen) atoms. The van der Waals surface area contributed by atoms with Gasteiger partial charge in [-0.15, -0.1) is 0 Å². The number of piperazine rings is 1. The zero-order valence-electron chi connectivity index (χ0n) is 12.8. The second kappa shape index (κ2) is 7.47. The van der Waals surface area contributed by atoms with Crippen molar-refractivity contribution in [3.8, 4) is 11.5 Å². The predicted octanol–water partition coefficient (Wildman–Crippen LogP) is 0.369. The van der Waals surface area contributed by atoms with E-state index in [1.54, 1.807) is 0 Å². The van der Waals surface area contributed by atoms with Gasteiger partial charge in [-0.25, -0.2) is 0 Å². The van der Waals surface area contributed by atoms with E-state index in [4.69, 9.17) is 9.47 Å². The quantitative estimate of drug-likeness (QED) is 0.744. The summed E-state index contributed by atoms with van der Waals surface area (Å²) in [5.41, 5.74) is 0.948. The fourth-order valence-corrected chi connectivity index (χ4v) is 2.76. The number of rotatable bonds is 6. The van der Waals surface area contributed by atoms with Gasteiger partial charge in [0, 0.05) is 32.7 Å². The van der Waals surface area contributed by atoms with Crippen LogP contribution in [-0.2, 0) is 11.2 Å². The van der Waals surface area contributed by atoms with Crippen LogP contribution in [0.4, 0.5) is 0 Å². The maximum absolute atomic E-state index is 12.0. The lowest BCUT2D eigenvalue weighted by molar-refractivity contribution is -0.120. The van der Waals surface area contributed by atoms with Gasteiger partial charge in [-0.05, 0) is 30.7 Å². The third kappa shape index (κ3) is 4.11. The SMILES string of the molecule is O=C(Cc1ccc2c(c1)OCO2)NCCCN1CCNCC1. The number of ether oxygens (including phenoxy) is 2. The summed E-state index contributed by atoms with van der Waals surface area (Å²) in [6.07, 6.45) is 1.37. The molecule has 0 aliphatic carbocycles. The first-order valence-corrected chi connectivity index (χ1v) is 7.89. The van der Waals surface area contributed by atoms with E-state index in [-0.39, 0.29) is 12.7 Å². The Balaban J connectivity index is 1.35. The summed E-state index contributed by atoms with van der Waals surface area (Å²) in [5.74, 6) is 1.53. The Labute approximate surface area is 130 Å². The van der Waals surface area contributed by atoms with Gasteiger partial charge >= 0.3 is 0 Å². The average molecular weight is 305 g/mol. The molecule has 1 fully saturated rings. The van der Waals surface area contributed by atoms with Crippen molar-refractivity contribution in [2.24, 2.45) is 0 Å². The molecule has 0 atom stereocenters. The van der Waals surface area contributed by atoms with Crippen molar-refractivity contribution in [2.45, 2.75) is 12.8 Å². The minimum absolute atomic E-state index is 0.0548. The van der Waals surface area contributed by atoms with Crippen molar-refractivity contribution >= 4 is 5.91 Å². The Morgan fingerprint density at radius 1 is 1.23 bits per heavy atom. The van der Waals surface area contributed by atoms with E-state index in [2.05, 4.69) is 15.5 Å². The van der Waals surface area contributed by atoms with Crippen LogP contribution in [0.25, 0.3) is 0 Å². The van der Waals surface area contributed by atoms with E-state index in [9.17, 15) is 4.79 Å². The Morgan fingerprint density at radius 3 is 2.91 bits per heavy atom. The topological polar surface area (TPSA) is 62.8 Å². The number of benzene rings is 1. The molecule has 6 nitrogen and oxygen atoms in total. The van der Waals surface area contributed by atoms with Crippen LogP contribution in [0.1, 0.15) is 12.0 Å². The van der Waals surface area contributed by atoms with Crippen molar-refractivity contribution < 1.29 is 14.3 Å². The Hall–Kier alpha value is -1.79. The number of hydrogen-bond donors (Lipinski definition) is 2. The van der Waals surface area contributed by atoms with Gasteiger partial charge < -0.3 is 25.0 Å². The lowest BCUT2D eigenvalue weighted by Gasteiger charge is -2.27. The molecule has 0 radical (unpaired) electrons. The smallest absolute Gasteiger partial charge is 0.231 e. The van der Waals surface area contributed by atoms with Crippen LogP contribution in [0.2, 0.25) is 0 Å². The van der Waals surface area contributed by atoms with E-state index in [0.29, 0.717) is 6.42 Å². The number of fused-ring (bicyclic) bond motifs is 1. The van der Waals surface area contributed by atoms with Gasteiger partial charge in [-0.3, -0.25) is 4.79 Å². The molecule has 2 heterocycles. The summed E-state index contributed by atoms with van der Waals surface area (Å²) in [6.45, 7) is 6.37. The zero-order valence-corrected chi connectivity index (χ0v) is 12.8. The monoisotopic (exact) mass is 305 g/mol. The van der Waals surface area contributed by atoms with Gasteiger partial charge in [0.25, 0.3) is 0 Å². The van der Waals surface area contributed by atoms with Crippen LogP contribution in [0.5, 0.6) is 11.5 Å². The highest BCUT2D eigenvalue weighted by molar-refractivity contribution is 5.78. The molecule has 2 aliphatic rings. The van der Waals surface area contributed by atoms with Crippen molar-refractivity contribution in [3.63, 3.8) is 0 Å². The Kier molecular flexibility index (Phi) is 5.13. The number of hydrogen-bond acceptors (Lipinski definition) is 5. The van der Waals surface area contributed by atoms with Gasteiger partial charge in [0.1, 0.15) is 0 Å². The van der Waals surface area contributed by atoms with Gasteiger partial charge in [-0.2, -0.15) is 0 Å². The minimum Gasteiger partial charge on any atom is -0.454 e. The summed E-state index contributed by atoms with van der Waals surface area (Å²) in [7, 11) is 0. The second-order valence-corrected chi connectivity index (χ2v) is 5.66. The highest BCUT2D eigenvalue weighted by atomic mass is 16.7. The maximum Gasteiger partial charge on any atom is 0.231 e. The van der Waals surface area contributed by atoms with Crippen LogP contribution in [0.3, 0.4) is 0 Å². The number of carbonyl (C=O) groups excluding carboxylic acids is 1. The Morgan fingerprint density at radius 2 is 2.05 bits per heavy atom. The summed E-state index contributed by atoms with van der Waals surface area (Å²) in [5, 5.41) is 6.32. The fraction of sp³-hybridized carbons (Fsp3) is 0.562. The van der Waals surface area contributed by atoms with Crippen LogP contribution >= 0.6 is 0 Å². The van der Waals surface area contributed by atoms with Crippen LogP contribution in [0.15, 0.2) is 18.2 Å². The van der Waals surface area contributed by atoms with Crippen molar-refractivity contribution in [1.29, 1.82) is 0 Å². The van der Waals surface area contributed by atoms with Crippen molar-refractivity contribution in [3.05, 3.63) is 23.8 Å². The summed E-state index contributed by atoms with van der Waals surface area (Å²) in [4.78, 5) is 14.4. The van der Waals surface area contributed by atoms with Crippen molar-refractivity contribution in [2.75, 3.05) is 46.1 Å². The zero-order chi connectivity index (χ0) is 15.2. The fourth-order valence-electron chi connectivity index (χ4n) is 2.76. The third-order valence-electron chi connectivity index (χ3n) is 3.98. The molecular formula is C16H23N3O3. The molecule has 3 rings (SSSR count). The number of nitrogens with one attached hydrogen (secondary N) is 2. The molecule has 0 aromatic heterocycles. The van der Waals surface area contributed by atoms with Crippen LogP contribution in [0, 0.1) is 0 Å². The molecule has 120 valence electrons. The molecule has 2 aliphatic heterocycles. The molecular weight excluding hydrogens is 282 g/mol. The van der Waals surface area contributed by atoms with Crippen LogP contribution < -0.4 is 20.1 Å². The largest absolute Gasteiger partial charge is 0.454 e. The molecule has 0 spiro atoms. The molecule has 6 heteroatoms. The molecule has 1 aromatic carbocycles. The average Bonchev–Trinajstić information content (AvgIpc) is 3.00. The van der Waals surface area contributed by atoms with E-state index in [0.717, 1.165) is 62.8 Å². The molecule has 0 bridgehead atoms. The molecule has 2 N–H and O–H groups in total.